The van der Waals surface area contributed by atoms with E-state index in [1.165, 1.54) is 7.05 Å². The Morgan fingerprint density at radius 3 is 2.64 bits per heavy atom. The van der Waals surface area contributed by atoms with Gasteiger partial charge >= 0.3 is 5.97 Å². The standard InChI is InChI=1S/C18H14N4O3/c1-21(11-17(23)24)18(25)14-6-7-22-10-15(20-16(22)8-14)13-4-2-12(9-19)3-5-13/h2-8,10H,11H2,1H3,(H,23,24). The molecule has 2 heterocycles. The number of fused-ring (bicyclic) bond motifs is 1. The molecule has 0 unspecified atom stereocenters. The maximum atomic E-state index is 12.3. The summed E-state index contributed by atoms with van der Waals surface area (Å²) >= 11 is 0. The van der Waals surface area contributed by atoms with E-state index in [0.717, 1.165) is 10.5 Å². The van der Waals surface area contributed by atoms with Crippen molar-refractivity contribution in [1.82, 2.24) is 14.3 Å². The first-order valence-corrected chi connectivity index (χ1v) is 7.44. The van der Waals surface area contributed by atoms with Crippen LogP contribution in [0.1, 0.15) is 15.9 Å². The van der Waals surface area contributed by atoms with Crippen molar-refractivity contribution in [2.75, 3.05) is 13.6 Å². The summed E-state index contributed by atoms with van der Waals surface area (Å²) in [6, 6.07) is 12.4. The van der Waals surface area contributed by atoms with Gasteiger partial charge in [-0.25, -0.2) is 4.98 Å². The van der Waals surface area contributed by atoms with Crippen molar-refractivity contribution in [3.8, 4) is 17.3 Å². The number of rotatable bonds is 4. The number of nitriles is 1. The third-order valence-corrected chi connectivity index (χ3v) is 3.74. The van der Waals surface area contributed by atoms with Crippen LogP contribution in [0.4, 0.5) is 0 Å². The monoisotopic (exact) mass is 334 g/mol. The van der Waals surface area contributed by atoms with Gasteiger partial charge in [0.2, 0.25) is 0 Å². The number of carbonyl (C=O) groups is 2. The molecule has 0 fully saturated rings. The molecular weight excluding hydrogens is 320 g/mol. The number of pyridine rings is 1. The van der Waals surface area contributed by atoms with Crippen LogP contribution in [0.15, 0.2) is 48.8 Å². The molecule has 7 nitrogen and oxygen atoms in total. The maximum absolute atomic E-state index is 12.3. The summed E-state index contributed by atoms with van der Waals surface area (Å²) in [6.45, 7) is -0.366. The van der Waals surface area contributed by atoms with Gasteiger partial charge in [-0.05, 0) is 24.3 Å². The van der Waals surface area contributed by atoms with Crippen molar-refractivity contribution < 1.29 is 14.7 Å². The van der Waals surface area contributed by atoms with Gasteiger partial charge in [-0.1, -0.05) is 12.1 Å². The second-order valence-corrected chi connectivity index (χ2v) is 5.55. The van der Waals surface area contributed by atoms with Crippen LogP contribution in [0, 0.1) is 11.3 Å². The number of nitrogens with zero attached hydrogens (tertiary/aromatic N) is 4. The molecule has 0 aliphatic rings. The smallest absolute Gasteiger partial charge is 0.323 e. The Morgan fingerprint density at radius 2 is 2.00 bits per heavy atom. The average molecular weight is 334 g/mol. The summed E-state index contributed by atoms with van der Waals surface area (Å²) < 4.78 is 1.78. The number of hydrogen-bond donors (Lipinski definition) is 1. The predicted octanol–water partition coefficient (Wildman–Crippen LogP) is 2.03. The lowest BCUT2D eigenvalue weighted by Crippen LogP contribution is -2.31. The minimum Gasteiger partial charge on any atom is -0.480 e. The number of hydrogen-bond acceptors (Lipinski definition) is 4. The molecule has 0 bridgehead atoms. The SMILES string of the molecule is CN(CC(=O)O)C(=O)c1ccn2cc(-c3ccc(C#N)cc3)nc2c1. The summed E-state index contributed by atoms with van der Waals surface area (Å²) in [5.41, 5.74) is 3.09. The zero-order valence-corrected chi connectivity index (χ0v) is 13.4. The maximum Gasteiger partial charge on any atom is 0.323 e. The first kappa shape index (κ1) is 16.2. The Labute approximate surface area is 143 Å². The number of imidazole rings is 1. The number of aromatic nitrogens is 2. The molecular formula is C18H14N4O3. The number of amides is 1. The minimum absolute atomic E-state index is 0.366. The summed E-state index contributed by atoms with van der Waals surface area (Å²) in [7, 11) is 1.44. The Kier molecular flexibility index (Phi) is 4.18. The highest BCUT2D eigenvalue weighted by atomic mass is 16.4. The highest BCUT2D eigenvalue weighted by Crippen LogP contribution is 2.20. The molecule has 0 aliphatic carbocycles. The average Bonchev–Trinajstić information content (AvgIpc) is 3.03. The van der Waals surface area contributed by atoms with Crippen molar-refractivity contribution in [3.63, 3.8) is 0 Å². The van der Waals surface area contributed by atoms with Crippen LogP contribution in [0.3, 0.4) is 0 Å². The summed E-state index contributed by atoms with van der Waals surface area (Å²) in [5.74, 6) is -1.45. The number of carbonyl (C=O) groups excluding carboxylic acids is 1. The van der Waals surface area contributed by atoms with E-state index in [9.17, 15) is 9.59 Å². The van der Waals surface area contributed by atoms with Crippen molar-refractivity contribution >= 4 is 17.5 Å². The summed E-state index contributed by atoms with van der Waals surface area (Å²) in [5, 5.41) is 17.6. The van der Waals surface area contributed by atoms with E-state index in [4.69, 9.17) is 10.4 Å². The molecule has 3 aromatic rings. The Morgan fingerprint density at radius 1 is 1.28 bits per heavy atom. The molecule has 1 aromatic carbocycles. The lowest BCUT2D eigenvalue weighted by Gasteiger charge is -2.14. The van der Waals surface area contributed by atoms with Crippen LogP contribution in [0.5, 0.6) is 0 Å². The van der Waals surface area contributed by atoms with E-state index in [1.54, 1.807) is 34.9 Å². The van der Waals surface area contributed by atoms with Gasteiger partial charge in [0, 0.05) is 30.6 Å². The topological polar surface area (TPSA) is 98.7 Å². The van der Waals surface area contributed by atoms with Crippen LogP contribution in [0.2, 0.25) is 0 Å². The van der Waals surface area contributed by atoms with Gasteiger partial charge < -0.3 is 14.4 Å². The number of aliphatic carboxylic acids is 1. The van der Waals surface area contributed by atoms with E-state index in [-0.39, 0.29) is 12.5 Å². The van der Waals surface area contributed by atoms with Gasteiger partial charge in [0.25, 0.3) is 5.91 Å². The van der Waals surface area contributed by atoms with E-state index in [0.29, 0.717) is 22.5 Å². The van der Waals surface area contributed by atoms with E-state index < -0.39 is 5.97 Å². The molecule has 1 amide bonds. The third kappa shape index (κ3) is 3.33. The molecule has 0 atom stereocenters. The largest absolute Gasteiger partial charge is 0.480 e. The minimum atomic E-state index is -1.07. The fourth-order valence-corrected chi connectivity index (χ4v) is 2.46. The molecule has 0 saturated carbocycles. The Bertz CT molecular complexity index is 999. The molecule has 0 saturated heterocycles. The zero-order valence-electron chi connectivity index (χ0n) is 13.4. The van der Waals surface area contributed by atoms with Gasteiger partial charge in [-0.15, -0.1) is 0 Å². The van der Waals surface area contributed by atoms with Gasteiger partial charge in [0.1, 0.15) is 12.2 Å². The molecule has 25 heavy (non-hydrogen) atoms. The fraction of sp³-hybridized carbons (Fsp3) is 0.111. The van der Waals surface area contributed by atoms with E-state index >= 15 is 0 Å². The van der Waals surface area contributed by atoms with Crippen LogP contribution in [-0.2, 0) is 4.79 Å². The number of benzene rings is 1. The number of carboxylic acid groups (broad SMARTS) is 1. The number of carboxylic acids is 1. The normalized spacial score (nSPS) is 10.4. The van der Waals surface area contributed by atoms with Crippen LogP contribution in [-0.4, -0.2) is 44.9 Å². The van der Waals surface area contributed by atoms with E-state index in [1.807, 2.05) is 18.3 Å². The lowest BCUT2D eigenvalue weighted by atomic mass is 10.1. The third-order valence-electron chi connectivity index (χ3n) is 3.74. The van der Waals surface area contributed by atoms with Crippen molar-refractivity contribution in [2.45, 2.75) is 0 Å². The number of likely N-dealkylation sites (N-methyl/N-ethyl adjacent to an activating group) is 1. The second-order valence-electron chi connectivity index (χ2n) is 5.55. The quantitative estimate of drug-likeness (QED) is 0.787. The highest BCUT2D eigenvalue weighted by molar-refractivity contribution is 5.96. The fourth-order valence-electron chi connectivity index (χ4n) is 2.46. The summed E-state index contributed by atoms with van der Waals surface area (Å²) in [6.07, 6.45) is 3.53. The second kappa shape index (κ2) is 6.45. The molecule has 0 radical (unpaired) electrons. The zero-order chi connectivity index (χ0) is 18.0. The summed E-state index contributed by atoms with van der Waals surface area (Å²) in [4.78, 5) is 28.6. The molecule has 0 aliphatic heterocycles. The van der Waals surface area contributed by atoms with Gasteiger partial charge in [0.15, 0.2) is 0 Å². The Hall–Kier alpha value is -3.66. The highest BCUT2D eigenvalue weighted by Gasteiger charge is 2.15. The van der Waals surface area contributed by atoms with Crippen molar-refractivity contribution in [1.29, 1.82) is 5.26 Å². The first-order chi connectivity index (χ1) is 12.0. The van der Waals surface area contributed by atoms with Crippen molar-refractivity contribution in [2.24, 2.45) is 0 Å². The Balaban J connectivity index is 1.92. The molecule has 2 aromatic heterocycles. The molecule has 124 valence electrons. The van der Waals surface area contributed by atoms with Crippen LogP contribution >= 0.6 is 0 Å². The molecule has 0 spiro atoms. The predicted molar refractivity (Wildman–Crippen MR) is 89.9 cm³/mol. The van der Waals surface area contributed by atoms with Crippen LogP contribution in [0.25, 0.3) is 16.9 Å². The first-order valence-electron chi connectivity index (χ1n) is 7.44. The van der Waals surface area contributed by atoms with Gasteiger partial charge in [-0.2, -0.15) is 5.26 Å². The van der Waals surface area contributed by atoms with Crippen molar-refractivity contribution in [3.05, 3.63) is 59.9 Å². The lowest BCUT2D eigenvalue weighted by molar-refractivity contribution is -0.137. The van der Waals surface area contributed by atoms with Gasteiger partial charge in [-0.3, -0.25) is 9.59 Å². The molecule has 1 N–H and O–H groups in total. The molecule has 3 rings (SSSR count). The molecule has 7 heteroatoms. The van der Waals surface area contributed by atoms with E-state index in [2.05, 4.69) is 11.1 Å². The van der Waals surface area contributed by atoms with Gasteiger partial charge in [0.05, 0.1) is 17.3 Å². The van der Waals surface area contributed by atoms with Crippen LogP contribution < -0.4 is 0 Å².